The van der Waals surface area contributed by atoms with Crippen LogP contribution in [0.5, 0.6) is 0 Å². The summed E-state index contributed by atoms with van der Waals surface area (Å²) in [5.41, 5.74) is 0.637. The molecule has 0 aromatic carbocycles. The maximum Gasteiger partial charge on any atom is 0.204 e. The van der Waals surface area contributed by atoms with Gasteiger partial charge < -0.3 is 15.1 Å². The first-order chi connectivity index (χ1) is 14.0. The maximum absolute atomic E-state index is 10.9. The standard InChI is InChI=1S/C14H14BrN3O.C8H15NO/c15-13-11-6-10(7-16)19-12(11)8-17-14(13)18-9-4-2-1-3-5-9;1-6-3-4-8(5-9-6)7(2)10/h6,8-9H,1-5H2,(H,17,18);6,8-9H,3-5H2,1-2H3. The van der Waals surface area contributed by atoms with Gasteiger partial charge in [0, 0.05) is 36.0 Å². The average Bonchev–Trinajstić information content (AvgIpc) is 3.16. The number of halogens is 1. The Morgan fingerprint density at radius 1 is 1.31 bits per heavy atom. The highest BCUT2D eigenvalue weighted by Crippen LogP contribution is 2.33. The highest BCUT2D eigenvalue weighted by atomic mass is 79.9. The number of aromatic nitrogens is 1. The SMILES string of the molecule is CC(=O)C1CCC(C)NC1.N#Cc1cc2c(Br)c(NC3CCCCC3)ncc2o1. The maximum atomic E-state index is 10.9. The van der Waals surface area contributed by atoms with E-state index in [2.05, 4.69) is 38.5 Å². The van der Waals surface area contributed by atoms with Crippen molar-refractivity contribution in [1.29, 1.82) is 5.26 Å². The molecule has 2 atom stereocenters. The van der Waals surface area contributed by atoms with Gasteiger partial charge in [-0.3, -0.25) is 4.79 Å². The Morgan fingerprint density at radius 3 is 2.69 bits per heavy atom. The molecule has 1 aliphatic carbocycles. The van der Waals surface area contributed by atoms with Crippen LogP contribution in [0.25, 0.3) is 11.0 Å². The average molecular weight is 461 g/mol. The number of rotatable bonds is 3. The predicted octanol–water partition coefficient (Wildman–Crippen LogP) is 5.17. The van der Waals surface area contributed by atoms with Crippen LogP contribution in [0.2, 0.25) is 0 Å². The molecular formula is C22H29BrN4O2. The monoisotopic (exact) mass is 460 g/mol. The number of nitriles is 1. The molecule has 7 heteroatoms. The Balaban J connectivity index is 0.000000204. The molecule has 156 valence electrons. The van der Waals surface area contributed by atoms with E-state index in [1.54, 1.807) is 19.2 Å². The lowest BCUT2D eigenvalue weighted by molar-refractivity contribution is -0.121. The highest BCUT2D eigenvalue weighted by Gasteiger charge is 2.20. The van der Waals surface area contributed by atoms with Crippen molar-refractivity contribution in [3.8, 4) is 6.07 Å². The molecule has 3 heterocycles. The molecule has 2 unspecified atom stereocenters. The van der Waals surface area contributed by atoms with Gasteiger partial charge in [-0.05, 0) is 55.5 Å². The summed E-state index contributed by atoms with van der Waals surface area (Å²) in [6.07, 6.45) is 10.2. The Morgan fingerprint density at radius 2 is 2.07 bits per heavy atom. The zero-order valence-corrected chi connectivity index (χ0v) is 18.7. The van der Waals surface area contributed by atoms with Gasteiger partial charge in [0.1, 0.15) is 17.7 Å². The second kappa shape index (κ2) is 10.2. The number of anilines is 1. The van der Waals surface area contributed by atoms with E-state index in [1.807, 2.05) is 6.07 Å². The third kappa shape index (κ3) is 5.80. The van der Waals surface area contributed by atoms with E-state index < -0.39 is 0 Å². The van der Waals surface area contributed by atoms with Crippen LogP contribution in [0.4, 0.5) is 5.82 Å². The summed E-state index contributed by atoms with van der Waals surface area (Å²) in [5.74, 6) is 1.77. The van der Waals surface area contributed by atoms with Crippen molar-refractivity contribution in [1.82, 2.24) is 10.3 Å². The van der Waals surface area contributed by atoms with Crippen LogP contribution in [-0.4, -0.2) is 29.4 Å². The van der Waals surface area contributed by atoms with Gasteiger partial charge in [0.2, 0.25) is 5.76 Å². The van der Waals surface area contributed by atoms with Crippen LogP contribution in [0, 0.1) is 17.2 Å². The molecule has 1 aliphatic heterocycles. The van der Waals surface area contributed by atoms with Gasteiger partial charge in [0.05, 0.1) is 10.7 Å². The molecule has 1 saturated heterocycles. The van der Waals surface area contributed by atoms with E-state index in [0.29, 0.717) is 29.2 Å². The molecule has 2 aliphatic rings. The van der Waals surface area contributed by atoms with Crippen LogP contribution in [-0.2, 0) is 4.79 Å². The summed E-state index contributed by atoms with van der Waals surface area (Å²) >= 11 is 3.56. The molecule has 1 saturated carbocycles. The van der Waals surface area contributed by atoms with Crippen molar-refractivity contribution in [2.45, 2.75) is 70.9 Å². The van der Waals surface area contributed by atoms with Crippen molar-refractivity contribution in [3.05, 3.63) is 22.5 Å². The molecule has 2 aromatic rings. The zero-order valence-electron chi connectivity index (χ0n) is 17.1. The summed E-state index contributed by atoms with van der Waals surface area (Å²) < 4.78 is 6.24. The normalized spacial score (nSPS) is 22.4. The highest BCUT2D eigenvalue weighted by molar-refractivity contribution is 9.10. The Kier molecular flexibility index (Phi) is 7.68. The number of nitrogens with zero attached hydrogens (tertiary/aromatic N) is 2. The van der Waals surface area contributed by atoms with Crippen molar-refractivity contribution in [2.24, 2.45) is 5.92 Å². The summed E-state index contributed by atoms with van der Waals surface area (Å²) in [6, 6.07) is 4.86. The van der Waals surface area contributed by atoms with Gasteiger partial charge in [-0.15, -0.1) is 0 Å². The van der Waals surface area contributed by atoms with Crippen LogP contribution >= 0.6 is 15.9 Å². The molecule has 2 N–H and O–H groups in total. The molecule has 0 amide bonds. The molecule has 29 heavy (non-hydrogen) atoms. The number of fused-ring (bicyclic) bond motifs is 1. The number of carbonyl (C=O) groups excluding carboxylic acids is 1. The molecule has 2 fully saturated rings. The molecular weight excluding hydrogens is 432 g/mol. The first-order valence-electron chi connectivity index (χ1n) is 10.5. The fourth-order valence-electron chi connectivity index (χ4n) is 3.92. The smallest absolute Gasteiger partial charge is 0.204 e. The molecule has 4 rings (SSSR count). The number of carbonyl (C=O) groups is 1. The first kappa shape index (κ1) is 21.8. The topological polar surface area (TPSA) is 91.0 Å². The minimum atomic E-state index is 0.288. The fourth-order valence-corrected chi connectivity index (χ4v) is 4.45. The van der Waals surface area contributed by atoms with Crippen LogP contribution < -0.4 is 10.6 Å². The predicted molar refractivity (Wildman–Crippen MR) is 118 cm³/mol. The number of hydrogen-bond acceptors (Lipinski definition) is 6. The van der Waals surface area contributed by atoms with E-state index in [4.69, 9.17) is 9.68 Å². The fraction of sp³-hybridized carbons (Fsp3) is 0.591. The van der Waals surface area contributed by atoms with Crippen molar-refractivity contribution in [2.75, 3.05) is 11.9 Å². The van der Waals surface area contributed by atoms with E-state index in [0.717, 1.165) is 35.1 Å². The lowest BCUT2D eigenvalue weighted by atomic mass is 9.93. The second-order valence-corrected chi connectivity index (χ2v) is 8.89. The molecule has 6 nitrogen and oxygen atoms in total. The summed E-state index contributed by atoms with van der Waals surface area (Å²) in [7, 11) is 0. The van der Waals surface area contributed by atoms with Crippen molar-refractivity contribution >= 4 is 38.5 Å². The van der Waals surface area contributed by atoms with E-state index >= 15 is 0 Å². The van der Waals surface area contributed by atoms with Gasteiger partial charge in [-0.1, -0.05) is 19.3 Å². The lowest BCUT2D eigenvalue weighted by Gasteiger charge is -2.25. The van der Waals surface area contributed by atoms with Gasteiger partial charge in [0.25, 0.3) is 0 Å². The first-order valence-corrected chi connectivity index (χ1v) is 11.3. The minimum absolute atomic E-state index is 0.288. The van der Waals surface area contributed by atoms with E-state index in [1.165, 1.54) is 32.1 Å². The van der Waals surface area contributed by atoms with Crippen LogP contribution in [0.3, 0.4) is 0 Å². The Labute approximate surface area is 180 Å². The molecule has 0 bridgehead atoms. The van der Waals surface area contributed by atoms with Crippen molar-refractivity contribution in [3.63, 3.8) is 0 Å². The third-order valence-corrected chi connectivity index (χ3v) is 6.61. The zero-order chi connectivity index (χ0) is 20.8. The number of piperidine rings is 1. The molecule has 2 aromatic heterocycles. The molecule has 0 spiro atoms. The van der Waals surface area contributed by atoms with Gasteiger partial charge in [-0.25, -0.2) is 4.98 Å². The minimum Gasteiger partial charge on any atom is -0.444 e. The summed E-state index contributed by atoms with van der Waals surface area (Å²) in [5, 5.41) is 16.5. The second-order valence-electron chi connectivity index (χ2n) is 8.09. The van der Waals surface area contributed by atoms with Gasteiger partial charge in [0.15, 0.2) is 5.58 Å². The number of furan rings is 1. The quantitative estimate of drug-likeness (QED) is 0.656. The van der Waals surface area contributed by atoms with E-state index in [-0.39, 0.29) is 5.92 Å². The van der Waals surface area contributed by atoms with Crippen molar-refractivity contribution < 1.29 is 9.21 Å². The third-order valence-electron chi connectivity index (χ3n) is 5.81. The van der Waals surface area contributed by atoms with Crippen LogP contribution in [0.1, 0.15) is 64.6 Å². The molecule has 0 radical (unpaired) electrons. The van der Waals surface area contributed by atoms with Gasteiger partial charge in [-0.2, -0.15) is 5.26 Å². The summed E-state index contributed by atoms with van der Waals surface area (Å²) in [4.78, 5) is 15.3. The lowest BCUT2D eigenvalue weighted by Crippen LogP contribution is -2.39. The van der Waals surface area contributed by atoms with Crippen LogP contribution in [0.15, 0.2) is 21.2 Å². The largest absolute Gasteiger partial charge is 0.444 e. The number of Topliss-reactive ketones (excluding diaryl/α,β-unsaturated/α-hetero) is 1. The Hall–Kier alpha value is -1.91. The number of ketones is 1. The number of hydrogen-bond donors (Lipinski definition) is 2. The number of nitrogens with one attached hydrogen (secondary N) is 2. The number of pyridine rings is 1. The van der Waals surface area contributed by atoms with E-state index in [9.17, 15) is 4.79 Å². The Bertz CT molecular complexity index is 875. The van der Waals surface area contributed by atoms with Gasteiger partial charge >= 0.3 is 0 Å². The summed E-state index contributed by atoms with van der Waals surface area (Å²) in [6.45, 7) is 4.73.